The molecule has 15 nitrogen and oxygen atoms in total. The van der Waals surface area contributed by atoms with Crippen LogP contribution >= 0.6 is 8.03 Å². The highest BCUT2D eigenvalue weighted by molar-refractivity contribution is 7.39. The number of nitrogen functional groups attached to an aromatic ring is 1. The number of nitrogens with zero attached hydrogens (tertiary/aromatic N) is 4. The molecule has 0 aliphatic carbocycles. The van der Waals surface area contributed by atoms with E-state index in [4.69, 9.17) is 29.9 Å². The molecule has 0 radical (unpaired) electrons. The van der Waals surface area contributed by atoms with Crippen LogP contribution in [0.2, 0.25) is 0 Å². The fourth-order valence-corrected chi connectivity index (χ4v) is 4.07. The van der Waals surface area contributed by atoms with Crippen LogP contribution in [0.15, 0.2) is 49.1 Å². The second kappa shape index (κ2) is 15.9. The fraction of sp³-hybridized carbons (Fsp3) is 0.360. The molecular weight excluding hydrogens is 559 g/mol. The number of esters is 1. The lowest BCUT2D eigenvalue weighted by molar-refractivity contribution is -0.148. The number of nitrogens with two attached hydrogens (primary N) is 1. The van der Waals surface area contributed by atoms with E-state index in [1.165, 1.54) is 6.33 Å². The predicted octanol–water partition coefficient (Wildman–Crippen LogP) is 2.79. The van der Waals surface area contributed by atoms with Gasteiger partial charge in [0.1, 0.15) is 30.0 Å². The van der Waals surface area contributed by atoms with Crippen molar-refractivity contribution in [1.29, 1.82) is 0 Å². The number of hydrogen-bond acceptors (Lipinski definition) is 12. The van der Waals surface area contributed by atoms with Gasteiger partial charge in [-0.2, -0.15) is 0 Å². The van der Waals surface area contributed by atoms with Crippen LogP contribution in [0.1, 0.15) is 27.7 Å². The van der Waals surface area contributed by atoms with Crippen molar-refractivity contribution in [2.45, 2.75) is 52.5 Å². The highest BCUT2D eigenvalue weighted by Crippen LogP contribution is 2.33. The van der Waals surface area contributed by atoms with E-state index < -0.39 is 26.0 Å². The van der Waals surface area contributed by atoms with Crippen LogP contribution in [0.3, 0.4) is 0 Å². The van der Waals surface area contributed by atoms with Crippen molar-refractivity contribution in [1.82, 2.24) is 19.5 Å². The number of carboxylic acids is 2. The lowest BCUT2D eigenvalue weighted by Crippen LogP contribution is -2.30. The zero-order chi connectivity index (χ0) is 30.5. The SMILES string of the molecule is CC(C)OC(=O)[C@H](C)Nc1ccccc1O[PH](=O)COC(C)Cn1cnc2c(N)ncnc21.O=C(O)/C=C/C(=O)O. The van der Waals surface area contributed by atoms with Gasteiger partial charge in [-0.05, 0) is 39.8 Å². The molecule has 0 spiro atoms. The van der Waals surface area contributed by atoms with E-state index in [9.17, 15) is 18.9 Å². The van der Waals surface area contributed by atoms with Crippen molar-refractivity contribution in [3.63, 3.8) is 0 Å². The van der Waals surface area contributed by atoms with Crippen LogP contribution in [-0.2, 0) is 35.0 Å². The number of ether oxygens (including phenoxy) is 2. The molecule has 0 aliphatic heterocycles. The van der Waals surface area contributed by atoms with Crippen LogP contribution in [-0.4, -0.2) is 72.2 Å². The lowest BCUT2D eigenvalue weighted by Gasteiger charge is -2.19. The average Bonchev–Trinajstić information content (AvgIpc) is 3.31. The Morgan fingerprint density at radius 1 is 1.07 bits per heavy atom. The van der Waals surface area contributed by atoms with Gasteiger partial charge in [-0.25, -0.2) is 29.3 Å². The molecule has 1 aromatic carbocycles. The smallest absolute Gasteiger partial charge is 0.328 e. The van der Waals surface area contributed by atoms with E-state index in [1.54, 1.807) is 55.9 Å². The topological polar surface area (TPSA) is 218 Å². The molecular formula is C25H33N6O9P. The van der Waals surface area contributed by atoms with Crippen LogP contribution in [0, 0.1) is 0 Å². The Morgan fingerprint density at radius 2 is 1.73 bits per heavy atom. The van der Waals surface area contributed by atoms with Crippen LogP contribution < -0.4 is 15.6 Å². The molecule has 0 saturated heterocycles. The number of anilines is 2. The molecule has 222 valence electrons. The van der Waals surface area contributed by atoms with E-state index in [-0.39, 0.29) is 24.5 Å². The van der Waals surface area contributed by atoms with Gasteiger partial charge in [0.05, 0.1) is 30.8 Å². The Kier molecular flexibility index (Phi) is 12.7. The van der Waals surface area contributed by atoms with Crippen LogP contribution in [0.5, 0.6) is 5.75 Å². The van der Waals surface area contributed by atoms with Gasteiger partial charge in [0, 0.05) is 12.2 Å². The van der Waals surface area contributed by atoms with Gasteiger partial charge in [-0.3, -0.25) is 4.57 Å². The van der Waals surface area contributed by atoms with Crippen LogP contribution in [0.4, 0.5) is 11.5 Å². The maximum atomic E-state index is 12.6. The van der Waals surface area contributed by atoms with Crippen molar-refractivity contribution in [3.05, 3.63) is 49.1 Å². The second-order valence-corrected chi connectivity index (χ2v) is 10.0. The molecule has 0 fully saturated rings. The Morgan fingerprint density at radius 3 is 2.37 bits per heavy atom. The summed E-state index contributed by atoms with van der Waals surface area (Å²) in [6.45, 7) is 7.55. The summed E-state index contributed by atoms with van der Waals surface area (Å²) in [5.41, 5.74) is 7.48. The highest BCUT2D eigenvalue weighted by atomic mass is 31.1. The Labute approximate surface area is 236 Å². The number of nitrogens with one attached hydrogen (secondary N) is 1. The number of carboxylic acid groups (broad SMARTS) is 2. The number of rotatable bonds is 13. The van der Waals surface area contributed by atoms with Crippen LogP contribution in [0.25, 0.3) is 11.2 Å². The molecule has 0 saturated carbocycles. The van der Waals surface area contributed by atoms with Gasteiger partial charge in [0.25, 0.3) is 8.03 Å². The molecule has 2 heterocycles. The van der Waals surface area contributed by atoms with E-state index in [0.717, 1.165) is 0 Å². The van der Waals surface area contributed by atoms with E-state index in [0.29, 0.717) is 47.1 Å². The molecule has 5 N–H and O–H groups in total. The van der Waals surface area contributed by atoms with Gasteiger partial charge < -0.3 is 39.8 Å². The molecule has 3 atom stereocenters. The Hall–Kier alpha value is -4.49. The van der Waals surface area contributed by atoms with Crippen molar-refractivity contribution >= 4 is 48.6 Å². The first kappa shape index (κ1) is 32.7. The highest BCUT2D eigenvalue weighted by Gasteiger charge is 2.18. The van der Waals surface area contributed by atoms with Gasteiger partial charge in [0.2, 0.25) is 0 Å². The molecule has 41 heavy (non-hydrogen) atoms. The number of imidazole rings is 1. The summed E-state index contributed by atoms with van der Waals surface area (Å²) >= 11 is 0. The predicted molar refractivity (Wildman–Crippen MR) is 150 cm³/mol. The normalized spacial score (nSPS) is 13.2. The van der Waals surface area contributed by atoms with E-state index >= 15 is 0 Å². The first-order valence-corrected chi connectivity index (χ1v) is 13.8. The number of hydrogen-bond donors (Lipinski definition) is 4. The number of aromatic nitrogens is 4. The quantitative estimate of drug-likeness (QED) is 0.127. The monoisotopic (exact) mass is 592 g/mol. The van der Waals surface area contributed by atoms with Gasteiger partial charge >= 0.3 is 17.9 Å². The Bertz CT molecular complexity index is 1380. The maximum absolute atomic E-state index is 12.6. The summed E-state index contributed by atoms with van der Waals surface area (Å²) in [7, 11) is -2.56. The number of fused-ring (bicyclic) bond motifs is 1. The lowest BCUT2D eigenvalue weighted by atomic mass is 10.2. The zero-order valence-electron chi connectivity index (χ0n) is 22.9. The summed E-state index contributed by atoms with van der Waals surface area (Å²) in [4.78, 5) is 43.5. The van der Waals surface area contributed by atoms with E-state index in [1.807, 2.05) is 6.92 Å². The number of carbonyl (C=O) groups excluding carboxylic acids is 1. The summed E-state index contributed by atoms with van der Waals surface area (Å²) in [6, 6.07) is 6.37. The minimum absolute atomic E-state index is 0.0745. The minimum Gasteiger partial charge on any atom is -0.478 e. The number of carbonyl (C=O) groups is 3. The van der Waals surface area contributed by atoms with Gasteiger partial charge in [-0.15, -0.1) is 0 Å². The van der Waals surface area contributed by atoms with Gasteiger partial charge in [0.15, 0.2) is 11.5 Å². The molecule has 2 unspecified atom stereocenters. The minimum atomic E-state index is -2.56. The van der Waals surface area contributed by atoms with Crippen molar-refractivity contribution in [2.75, 3.05) is 17.4 Å². The third-order valence-electron chi connectivity index (χ3n) is 4.93. The van der Waals surface area contributed by atoms with Crippen molar-refractivity contribution < 1.29 is 43.2 Å². The second-order valence-electron chi connectivity index (χ2n) is 8.78. The van der Waals surface area contributed by atoms with Crippen molar-refractivity contribution in [3.8, 4) is 5.75 Å². The molecule has 0 aliphatic rings. The summed E-state index contributed by atoms with van der Waals surface area (Å²) in [6.07, 6.45) is 3.54. The molecule has 16 heteroatoms. The standard InChI is InChI=1S/C21H29N6O5P.C4H4O4/c1-13(2)31-21(28)15(4)26-16-7-5-6-8-17(16)32-33(29)12-30-14(3)9-27-11-25-18-19(22)23-10-24-20(18)27;5-3(6)1-2-4(7)8/h5-8,10-11,13-15,26,33H,9,12H2,1-4H3,(H2,22,23,24);1-2H,(H,5,6)(H,7,8)/b;2-1+/t14?,15-;/m0./s1. The van der Waals surface area contributed by atoms with Gasteiger partial charge in [-0.1, -0.05) is 12.1 Å². The average molecular weight is 593 g/mol. The fourth-order valence-electron chi connectivity index (χ4n) is 3.17. The molecule has 3 rings (SSSR count). The maximum Gasteiger partial charge on any atom is 0.328 e. The van der Waals surface area contributed by atoms with E-state index in [2.05, 4.69) is 20.3 Å². The zero-order valence-corrected chi connectivity index (χ0v) is 23.9. The number of aliphatic carboxylic acids is 2. The summed E-state index contributed by atoms with van der Waals surface area (Å²) in [5.74, 6) is -2.22. The molecule has 3 aromatic rings. The first-order chi connectivity index (χ1) is 19.4. The molecule has 0 bridgehead atoms. The summed E-state index contributed by atoms with van der Waals surface area (Å²) in [5, 5.41) is 18.7. The largest absolute Gasteiger partial charge is 0.478 e. The third kappa shape index (κ3) is 11.3. The van der Waals surface area contributed by atoms with Crippen molar-refractivity contribution in [2.24, 2.45) is 0 Å². The first-order valence-electron chi connectivity index (χ1n) is 12.3. The molecule has 0 amide bonds. The Balaban J connectivity index is 0.000000642. The number of para-hydroxylation sites is 2. The summed E-state index contributed by atoms with van der Waals surface area (Å²) < 4.78 is 30.9. The molecule has 2 aromatic heterocycles. The number of benzene rings is 1. The third-order valence-corrected chi connectivity index (χ3v) is 5.78.